The molecule has 0 saturated carbocycles. The number of likely N-dealkylation sites (N-methyl/N-ethyl adjacent to an activating group) is 1. The summed E-state index contributed by atoms with van der Waals surface area (Å²) in [6, 6.07) is 1.33. The zero-order chi connectivity index (χ0) is 58.9. The van der Waals surface area contributed by atoms with E-state index in [2.05, 4.69) is 37.2 Å². The number of aliphatic hydroxyl groups excluding tert-OH is 2. The molecule has 0 aliphatic carbocycles. The normalized spacial score (nSPS) is 22.3. The summed E-state index contributed by atoms with van der Waals surface area (Å²) in [6.45, 7) is 3.69. The lowest BCUT2D eigenvalue weighted by Crippen LogP contribution is -2.59. The molecule has 81 heavy (non-hydrogen) atoms. The van der Waals surface area contributed by atoms with Crippen LogP contribution >= 0.6 is 23.2 Å². The Kier molecular flexibility index (Phi) is 17.1. The fourth-order valence-corrected chi connectivity index (χ4v) is 9.91. The lowest BCUT2D eigenvalue weighted by molar-refractivity contribution is -0.146. The summed E-state index contributed by atoms with van der Waals surface area (Å²) in [4.78, 5) is 115. The van der Waals surface area contributed by atoms with E-state index in [1.165, 1.54) is 37.4 Å². The Morgan fingerprint density at radius 3 is 1.83 bits per heavy atom. The summed E-state index contributed by atoms with van der Waals surface area (Å²) < 4.78 is 17.3. The number of aromatic hydroxyl groups is 4. The van der Waals surface area contributed by atoms with Crippen LogP contribution in [-0.4, -0.2) is 116 Å². The fraction of sp³-hybridized carbons (Fsp3) is 0.296. The predicted molar refractivity (Wildman–Crippen MR) is 285 cm³/mol. The van der Waals surface area contributed by atoms with Gasteiger partial charge in [-0.05, 0) is 96.2 Å². The quantitative estimate of drug-likeness (QED) is 0.0992. The summed E-state index contributed by atoms with van der Waals surface area (Å²) in [5, 5.41) is 86.4. The van der Waals surface area contributed by atoms with Gasteiger partial charge in [0.05, 0.1) is 29.6 Å². The number of aliphatic hydroxyl groups is 2. The zero-order valence-electron chi connectivity index (χ0n) is 43.2. The van der Waals surface area contributed by atoms with Gasteiger partial charge in [-0.15, -0.1) is 0 Å². The van der Waals surface area contributed by atoms with Crippen molar-refractivity contribution in [3.05, 3.63) is 117 Å². The van der Waals surface area contributed by atoms with Crippen molar-refractivity contribution in [3.63, 3.8) is 0 Å². The van der Waals surface area contributed by atoms with Crippen LogP contribution < -0.4 is 52.4 Å². The number of hydrogen-bond donors (Lipinski definition) is 14. The number of methoxy groups -OCH3 is 1. The van der Waals surface area contributed by atoms with Gasteiger partial charge in [-0.1, -0.05) is 55.2 Å². The molecule has 11 bridgehead atoms. The van der Waals surface area contributed by atoms with Gasteiger partial charge in [0.2, 0.25) is 47.1 Å². The SMILES string of the molecule is CN[C@H](CC(C)C)C(=O)N[C@H]1C(=O)N[C@@H](CC(N)=O)C(=O)N[C@H]2C(=O)N[C@H]3C(=O)N[C@H](C(=O)N[C@H](C(=O)OC)c4cc(O)cc(O)c4-c4cc3ccc4O)[C@H](O)c3ccc(c(Cl)c3)Oc3cc2cc(c3O)Oc2ccc(cc2Cl)[C@H]1O. The van der Waals surface area contributed by atoms with Gasteiger partial charge in [-0.25, -0.2) is 4.79 Å². The molecule has 5 aliphatic rings. The van der Waals surface area contributed by atoms with Crippen molar-refractivity contribution in [2.75, 3.05) is 14.2 Å². The van der Waals surface area contributed by atoms with Gasteiger partial charge in [0, 0.05) is 22.8 Å². The first-order valence-corrected chi connectivity index (χ1v) is 25.6. The van der Waals surface area contributed by atoms with Gasteiger partial charge in [0.25, 0.3) is 0 Å². The summed E-state index contributed by atoms with van der Waals surface area (Å²) >= 11 is 13.5. The highest BCUT2D eigenvalue weighted by molar-refractivity contribution is 6.32. The van der Waals surface area contributed by atoms with E-state index >= 15 is 9.59 Å². The molecule has 25 nitrogen and oxygen atoms in total. The molecule has 5 aromatic carbocycles. The number of hydrogen-bond acceptors (Lipinski definition) is 18. The number of esters is 1. The molecule has 27 heteroatoms. The fourth-order valence-electron chi connectivity index (χ4n) is 9.45. The van der Waals surface area contributed by atoms with Gasteiger partial charge in [-0.3, -0.25) is 33.6 Å². The second-order valence-corrected chi connectivity index (χ2v) is 20.4. The number of benzene rings is 5. The van der Waals surface area contributed by atoms with Gasteiger partial charge in [0.1, 0.15) is 71.2 Å². The molecule has 426 valence electrons. The Labute approximate surface area is 470 Å². The van der Waals surface area contributed by atoms with Gasteiger partial charge in [-0.2, -0.15) is 0 Å². The number of carbonyl (C=O) groups is 8. The third-order valence-corrected chi connectivity index (χ3v) is 14.1. The lowest BCUT2D eigenvalue weighted by Gasteiger charge is -2.31. The van der Waals surface area contributed by atoms with Crippen LogP contribution in [0.2, 0.25) is 10.0 Å². The predicted octanol–water partition coefficient (Wildman–Crippen LogP) is 2.48. The summed E-state index contributed by atoms with van der Waals surface area (Å²) in [5.41, 5.74) is 3.71. The van der Waals surface area contributed by atoms with Crippen LogP contribution in [0.3, 0.4) is 0 Å². The highest BCUT2D eigenvalue weighted by Crippen LogP contribution is 2.48. The van der Waals surface area contributed by atoms with Gasteiger partial charge < -0.3 is 87.8 Å². The number of ether oxygens (including phenoxy) is 3. The Hall–Kier alpha value is -8.88. The van der Waals surface area contributed by atoms with Gasteiger partial charge >= 0.3 is 5.97 Å². The molecule has 7 amide bonds. The highest BCUT2D eigenvalue weighted by Gasteiger charge is 2.42. The van der Waals surface area contributed by atoms with Crippen molar-refractivity contribution in [1.82, 2.24) is 37.2 Å². The first-order valence-electron chi connectivity index (χ1n) is 24.8. The Morgan fingerprint density at radius 2 is 1.25 bits per heavy atom. The van der Waals surface area contributed by atoms with E-state index in [1.807, 2.05) is 13.8 Å². The zero-order valence-corrected chi connectivity index (χ0v) is 44.7. The maximum absolute atomic E-state index is 15.4. The van der Waals surface area contributed by atoms with E-state index in [1.54, 1.807) is 0 Å². The first kappa shape index (κ1) is 58.3. The van der Waals surface area contributed by atoms with Crippen LogP contribution in [0, 0.1) is 5.92 Å². The average molecular weight is 1160 g/mol. The van der Waals surface area contributed by atoms with Crippen molar-refractivity contribution >= 4 is 70.5 Å². The number of nitrogens with two attached hydrogens (primary N) is 1. The van der Waals surface area contributed by atoms with Crippen LogP contribution in [0.4, 0.5) is 0 Å². The molecule has 5 aliphatic heterocycles. The molecule has 5 heterocycles. The molecule has 10 rings (SSSR count). The van der Waals surface area contributed by atoms with E-state index < -0.39 is 148 Å². The van der Waals surface area contributed by atoms with Crippen molar-refractivity contribution in [2.45, 2.75) is 81.2 Å². The number of phenols is 4. The topological polar surface area (TPSA) is 396 Å². The van der Waals surface area contributed by atoms with E-state index in [9.17, 15) is 59.4 Å². The molecule has 5 aromatic rings. The maximum Gasteiger partial charge on any atom is 0.333 e. The molecule has 15 N–H and O–H groups in total. The first-order chi connectivity index (χ1) is 38.4. The highest BCUT2D eigenvalue weighted by atomic mass is 35.5. The summed E-state index contributed by atoms with van der Waals surface area (Å²) in [7, 11) is 2.46. The van der Waals surface area contributed by atoms with Crippen molar-refractivity contribution in [2.24, 2.45) is 11.7 Å². The van der Waals surface area contributed by atoms with Crippen molar-refractivity contribution < 1.29 is 83.2 Å². The minimum atomic E-state index is -2.15. The summed E-state index contributed by atoms with van der Waals surface area (Å²) in [5.74, 6) is -14.0. The third kappa shape index (κ3) is 12.3. The van der Waals surface area contributed by atoms with Gasteiger partial charge in [0.15, 0.2) is 17.5 Å². The minimum Gasteiger partial charge on any atom is -0.508 e. The molecule has 0 unspecified atom stereocenters. The Bertz CT molecular complexity index is 3400. The standard InChI is InChI=1S/C54H54Cl2N8O17/c1-20(2)11-30(58-3)48(72)63-43-45(69)22-6-9-34(28(55)13-22)80-36-15-24-16-37(47(36)71)81-35-10-7-23(14-29(35)56)46(70)44-53(77)62-42(54(78)79-4)27-17-25(65)18-33(67)39(27)26-12-21(5-8-32(26)66)40(50(74)64-44)61-51(75)41(24)60-49(73)31(19-38(57)68)59-52(43)76/h5-10,12-18,20,30-31,40-46,58,65-67,69-71H,11,19H2,1-4H3,(H2,57,68)(H,59,76)(H,60,73)(H,61,75)(H,62,77)(H,63,72)(H,64,74)/t30-,31+,40-,41-,42+,43-,44+,45-,46-/m1/s1. The number of halogens is 2. The van der Waals surface area contributed by atoms with E-state index in [-0.39, 0.29) is 67.3 Å². The Morgan fingerprint density at radius 1 is 0.667 bits per heavy atom. The summed E-state index contributed by atoms with van der Waals surface area (Å²) in [6.07, 6.45) is -4.71. The van der Waals surface area contributed by atoms with E-state index in [0.717, 1.165) is 55.6 Å². The molecule has 9 atom stereocenters. The monoisotopic (exact) mass is 1160 g/mol. The number of phenolic OH excluding ortho intramolecular Hbond substituents is 4. The number of carbonyl (C=O) groups excluding carboxylic acids is 8. The maximum atomic E-state index is 15.4. The molecule has 0 fully saturated rings. The molecule has 0 radical (unpaired) electrons. The van der Waals surface area contributed by atoms with Crippen LogP contribution in [0.5, 0.6) is 46.0 Å². The number of nitrogens with one attached hydrogen (secondary N) is 7. The van der Waals surface area contributed by atoms with Crippen LogP contribution in [0.25, 0.3) is 11.1 Å². The van der Waals surface area contributed by atoms with Crippen LogP contribution in [0.1, 0.15) is 84.8 Å². The second kappa shape index (κ2) is 23.8. The number of primary amides is 1. The minimum absolute atomic E-state index is 0.0314. The lowest BCUT2D eigenvalue weighted by atomic mass is 9.89. The van der Waals surface area contributed by atoms with Crippen LogP contribution in [0.15, 0.2) is 78.9 Å². The molecular weight excluding hydrogens is 1100 g/mol. The average Bonchev–Trinajstić information content (AvgIpc) is 3.54. The van der Waals surface area contributed by atoms with Crippen molar-refractivity contribution in [1.29, 1.82) is 0 Å². The third-order valence-electron chi connectivity index (χ3n) is 13.5. The van der Waals surface area contributed by atoms with E-state index in [0.29, 0.717) is 0 Å². The second-order valence-electron chi connectivity index (χ2n) is 19.6. The van der Waals surface area contributed by atoms with E-state index in [4.69, 9.17) is 43.1 Å². The smallest absolute Gasteiger partial charge is 0.333 e. The number of rotatable bonds is 8. The molecular formula is C54H54Cl2N8O17. The number of amides is 7. The number of fused-ring (bicyclic) bond motifs is 15. The largest absolute Gasteiger partial charge is 0.508 e. The van der Waals surface area contributed by atoms with Crippen molar-refractivity contribution in [3.8, 4) is 57.1 Å². The molecule has 0 saturated heterocycles. The van der Waals surface area contributed by atoms with Crippen LogP contribution in [-0.2, 0) is 43.1 Å². The molecule has 0 aromatic heterocycles. The Balaban J connectivity index is 1.36. The molecule has 0 spiro atoms.